The van der Waals surface area contributed by atoms with Gasteiger partial charge >= 0.3 is 457 Å². The molecule has 0 radical (unpaired) electrons. The first-order valence-corrected chi connectivity index (χ1v) is 79.2. The van der Waals surface area contributed by atoms with Gasteiger partial charge in [-0.25, -0.2) is 0 Å². The van der Waals surface area contributed by atoms with E-state index in [0.717, 1.165) is 0 Å². The van der Waals surface area contributed by atoms with Crippen LogP contribution >= 0.6 is 8.65 Å². The molecule has 68 heavy (non-hydrogen) atoms. The number of rotatable bonds is 20. The molecule has 0 atom stereocenters. The Morgan fingerprint density at radius 2 is 0.353 bits per heavy atom. The number of benzene rings is 2. The molecule has 0 amide bonds. The quantitative estimate of drug-likeness (QED) is 0.119. The molecule has 0 nitrogen and oxygen atoms in total. The van der Waals surface area contributed by atoms with Crippen molar-refractivity contribution >= 4 is 132 Å². The minimum absolute atomic E-state index is 0.670. The Balaban J connectivity index is 4.09. The molecule has 0 unspecified atom stereocenters. The Morgan fingerprint density at radius 1 is 0.235 bits per heavy atom. The first kappa shape index (κ1) is 66.3. The average molecular weight is 1340 g/mol. The zero-order chi connectivity index (χ0) is 54.5. The Morgan fingerprint density at radius 3 is 0.456 bits per heavy atom. The third kappa shape index (κ3) is 16.1. The van der Waals surface area contributed by atoms with Crippen molar-refractivity contribution in [2.24, 2.45) is 0 Å². The van der Waals surface area contributed by atoms with E-state index in [9.17, 15) is 0 Å². The van der Waals surface area contributed by atoms with Gasteiger partial charge in [0, 0.05) is 0 Å². The molecule has 0 fully saturated rings. The van der Waals surface area contributed by atoms with E-state index in [1.54, 1.807) is 11.1 Å². The van der Waals surface area contributed by atoms with E-state index in [2.05, 4.69) is 260 Å². The number of hydrogen-bond acceptors (Lipinski definition) is 1. The molecule has 0 aliphatic carbocycles. The standard InChI is InChI=1S/2C27H59Si6.Pb.S/c2*1-28(2,3)25(29(4,5)6)22-19-23(26(30(7,8)9)31(10,11)12)21-24(20-22)27(32(13,14)15)33(16,17)18;;/h2*19-20,25-27H,1-18H3;;. The van der Waals surface area contributed by atoms with Gasteiger partial charge in [0.05, 0.1) is 0 Å². The van der Waals surface area contributed by atoms with Gasteiger partial charge < -0.3 is 0 Å². The summed E-state index contributed by atoms with van der Waals surface area (Å²) < 4.78 is 3.78. The van der Waals surface area contributed by atoms with Crippen LogP contribution in [0.15, 0.2) is 24.3 Å². The molecule has 0 saturated carbocycles. The molecule has 2 aromatic carbocycles. The molecule has 0 aromatic heterocycles. The summed E-state index contributed by atoms with van der Waals surface area (Å²) in [5.41, 5.74) is 11.0. The fraction of sp³-hybridized carbons (Fsp3) is 0.778. The van der Waals surface area contributed by atoms with Crippen LogP contribution in [0, 0.1) is 0 Å². The summed E-state index contributed by atoms with van der Waals surface area (Å²) in [6.45, 7) is 99.0. The van der Waals surface area contributed by atoms with Crippen LogP contribution in [0.2, 0.25) is 236 Å². The van der Waals surface area contributed by atoms with Gasteiger partial charge in [-0.1, -0.05) is 0 Å². The van der Waals surface area contributed by atoms with E-state index < -0.39 is 118 Å². The van der Waals surface area contributed by atoms with E-state index in [1.165, 1.54) is 0 Å². The van der Waals surface area contributed by atoms with Crippen molar-refractivity contribution < 1.29 is 0 Å². The van der Waals surface area contributed by atoms with E-state index in [4.69, 9.17) is 8.65 Å². The molecular formula is C54H118PbSSi12. The summed E-state index contributed by atoms with van der Waals surface area (Å²) in [5, 5.41) is 4.11. The molecule has 0 saturated heterocycles. The van der Waals surface area contributed by atoms with Gasteiger partial charge in [0.15, 0.2) is 0 Å². The maximum atomic E-state index is 8.16. The average Bonchev–Trinajstić information content (AvgIpc) is 2.91. The summed E-state index contributed by atoms with van der Waals surface area (Å²) in [7, 11) is -12.5. The van der Waals surface area contributed by atoms with Gasteiger partial charge in [0.2, 0.25) is 0 Å². The van der Waals surface area contributed by atoms with Gasteiger partial charge in [-0.15, -0.1) is 0 Å². The normalized spacial score (nSPS) is 15.3. The third-order valence-electron chi connectivity index (χ3n) is 15.2. The van der Waals surface area contributed by atoms with Crippen molar-refractivity contribution in [3.8, 4) is 0 Å². The van der Waals surface area contributed by atoms with Crippen LogP contribution in [-0.2, 0) is 0 Å². The molecule has 0 spiro atoms. The summed E-state index contributed by atoms with van der Waals surface area (Å²) in [6.07, 6.45) is 0. The summed E-state index contributed by atoms with van der Waals surface area (Å²) >= 11 is -3.55. The molecule has 2 rings (SSSR count). The first-order valence-electron chi connectivity index (χ1n) is 27.2. The van der Waals surface area contributed by atoms with Gasteiger partial charge in [-0.05, 0) is 0 Å². The Hall–Kier alpha value is 2.18. The topological polar surface area (TPSA) is 0 Å². The van der Waals surface area contributed by atoms with E-state index >= 15 is 0 Å². The second-order valence-corrected chi connectivity index (χ2v) is 113. The van der Waals surface area contributed by atoms with E-state index in [0.29, 0.717) is 31.0 Å². The van der Waals surface area contributed by atoms with Crippen LogP contribution in [-0.4, -0.2) is 118 Å². The van der Waals surface area contributed by atoms with Crippen molar-refractivity contribution in [2.45, 2.75) is 267 Å². The van der Waals surface area contributed by atoms with Crippen molar-refractivity contribution in [3.63, 3.8) is 0 Å². The summed E-state index contributed by atoms with van der Waals surface area (Å²) in [4.78, 5) is 0. The fourth-order valence-corrected chi connectivity index (χ4v) is 110. The van der Waals surface area contributed by atoms with Crippen LogP contribution in [0.3, 0.4) is 0 Å². The molecule has 0 aliphatic heterocycles. The van der Waals surface area contributed by atoms with Crippen molar-refractivity contribution in [1.29, 1.82) is 0 Å². The first-order chi connectivity index (χ1) is 29.3. The van der Waals surface area contributed by atoms with Crippen LogP contribution in [0.1, 0.15) is 64.4 Å². The van der Waals surface area contributed by atoms with Crippen LogP contribution in [0.4, 0.5) is 0 Å². The predicted molar refractivity (Wildman–Crippen MR) is 362 cm³/mol. The Bertz CT molecular complexity index is 1760. The predicted octanol–water partition coefficient (Wildman–Crippen LogP) is 19.0. The molecular weight excluding hydrogens is 1220 g/mol. The van der Waals surface area contributed by atoms with Crippen molar-refractivity contribution in [1.82, 2.24) is 0 Å². The zero-order valence-corrected chi connectivity index (χ0v) is 69.4. The number of hydrogen-bond donors (Lipinski definition) is 0. The van der Waals surface area contributed by atoms with Crippen LogP contribution in [0.25, 0.3) is 0 Å². The van der Waals surface area contributed by atoms with Gasteiger partial charge in [0.25, 0.3) is 0 Å². The van der Waals surface area contributed by atoms with Crippen molar-refractivity contribution in [3.05, 3.63) is 57.6 Å². The fourth-order valence-electron chi connectivity index (χ4n) is 16.8. The van der Waals surface area contributed by atoms with Gasteiger partial charge in [-0.3, -0.25) is 0 Å². The summed E-state index contributed by atoms with van der Waals surface area (Å²) in [6, 6.07) is 12.0. The molecule has 392 valence electrons. The second-order valence-electron chi connectivity index (χ2n) is 35.5. The second kappa shape index (κ2) is 21.2. The Labute approximate surface area is 451 Å². The van der Waals surface area contributed by atoms with E-state index in [-0.39, 0.29) is 0 Å². The molecule has 14 heteroatoms. The van der Waals surface area contributed by atoms with Gasteiger partial charge in [0.1, 0.15) is 0 Å². The van der Waals surface area contributed by atoms with Gasteiger partial charge in [-0.2, -0.15) is 0 Å². The third-order valence-corrected chi connectivity index (χ3v) is 82.6. The van der Waals surface area contributed by atoms with Crippen LogP contribution < -0.4 is 6.25 Å². The molecule has 2 aromatic rings. The Kier molecular flexibility index (Phi) is 20.7. The SMILES string of the molecule is C[Si](C)(C)C(c1cc(C([Si](C)(C)C)[Si](C)(C)C)[c]([Pb](=[S])[c]2c(C([Si](C)(C)C)[Si](C)(C)C)cc(C([Si](C)(C)C)[Si](C)(C)C)cc2C([Si](C)(C)C)[Si](C)(C)C)c(C([Si](C)(C)C)[Si](C)(C)C)c1)[Si](C)(C)C. The maximum absolute atomic E-state index is 8.16. The monoisotopic (exact) mass is 1340 g/mol. The van der Waals surface area contributed by atoms with Crippen LogP contribution in [0.5, 0.6) is 0 Å². The zero-order valence-electron chi connectivity index (χ0n) is 52.7. The molecule has 0 N–H and O–H groups in total. The molecule has 0 heterocycles. The molecule has 0 bridgehead atoms. The molecule has 0 aliphatic rings. The van der Waals surface area contributed by atoms with Crippen molar-refractivity contribution in [2.75, 3.05) is 0 Å². The minimum atomic E-state index is -3.55. The van der Waals surface area contributed by atoms with E-state index in [1.807, 2.05) is 28.5 Å². The summed E-state index contributed by atoms with van der Waals surface area (Å²) in [5.74, 6) is 0.